The molecule has 0 aromatic heterocycles. The highest BCUT2D eigenvalue weighted by molar-refractivity contribution is 5.96. The fraction of sp³-hybridized carbons (Fsp3) is 0.357. The van der Waals surface area contributed by atoms with E-state index in [1.807, 2.05) is 38.1 Å². The lowest BCUT2D eigenvalue weighted by molar-refractivity contribution is 0.0965. The first kappa shape index (κ1) is 11.5. The van der Waals surface area contributed by atoms with Crippen molar-refractivity contribution < 1.29 is 4.79 Å². The average Bonchev–Trinajstić information content (AvgIpc) is 2.18. The first-order valence-corrected chi connectivity index (χ1v) is 5.17. The van der Waals surface area contributed by atoms with Crippen molar-refractivity contribution >= 4 is 5.78 Å². The summed E-state index contributed by atoms with van der Waals surface area (Å²) in [6, 6.07) is 7.67. The smallest absolute Gasteiger partial charge is 0.163 e. The quantitative estimate of drug-likeness (QED) is 0.538. The number of Topliss-reactive ketones (excluding diaryl/α,β-unsaturated/α-hetero) is 1. The molecule has 0 N–H and O–H groups in total. The summed E-state index contributed by atoms with van der Waals surface area (Å²) in [5.41, 5.74) is 1.95. The van der Waals surface area contributed by atoms with Gasteiger partial charge in [-0.3, -0.25) is 4.79 Å². The van der Waals surface area contributed by atoms with Gasteiger partial charge in [0.05, 0.1) is 0 Å². The Hall–Kier alpha value is -1.55. The van der Waals surface area contributed by atoms with Crippen molar-refractivity contribution in [2.75, 3.05) is 0 Å². The van der Waals surface area contributed by atoms with E-state index in [0.29, 0.717) is 12.8 Å². The van der Waals surface area contributed by atoms with Crippen LogP contribution in [0.15, 0.2) is 24.3 Å². The number of hydrogen-bond donors (Lipinski definition) is 0. The lowest BCUT2D eigenvalue weighted by Crippen LogP contribution is -2.05. The average molecular weight is 200 g/mol. The molecule has 1 heteroatoms. The molecule has 0 heterocycles. The number of carbonyl (C=O) groups excluding carboxylic acids is 1. The van der Waals surface area contributed by atoms with Crippen LogP contribution in [0.4, 0.5) is 0 Å². The third-order valence-electron chi connectivity index (χ3n) is 2.37. The highest BCUT2D eigenvalue weighted by Crippen LogP contribution is 2.13. The van der Waals surface area contributed by atoms with Crippen molar-refractivity contribution in [3.63, 3.8) is 0 Å². The lowest BCUT2D eigenvalue weighted by Gasteiger charge is -2.06. The van der Waals surface area contributed by atoms with Crippen LogP contribution in [0.2, 0.25) is 0 Å². The third-order valence-corrected chi connectivity index (χ3v) is 2.37. The van der Waals surface area contributed by atoms with Crippen LogP contribution in [0.3, 0.4) is 0 Å². The number of aryl methyl sites for hydroxylation is 1. The summed E-state index contributed by atoms with van der Waals surface area (Å²) in [4.78, 5) is 11.8. The van der Waals surface area contributed by atoms with Crippen LogP contribution in [0.25, 0.3) is 0 Å². The summed E-state index contributed by atoms with van der Waals surface area (Å²) in [5.74, 6) is 3.03. The van der Waals surface area contributed by atoms with Crippen molar-refractivity contribution in [3.05, 3.63) is 35.4 Å². The Morgan fingerprint density at radius 1 is 1.40 bits per heavy atom. The Labute approximate surface area is 91.5 Å². The molecule has 1 nitrogen and oxygen atoms in total. The molecular formula is C14H16O. The van der Waals surface area contributed by atoms with E-state index in [4.69, 9.17) is 6.42 Å². The molecule has 1 aromatic carbocycles. The molecule has 1 atom stereocenters. The maximum absolute atomic E-state index is 11.8. The van der Waals surface area contributed by atoms with Crippen molar-refractivity contribution in [3.8, 4) is 12.3 Å². The van der Waals surface area contributed by atoms with Gasteiger partial charge >= 0.3 is 0 Å². The molecule has 0 saturated heterocycles. The number of terminal acetylenes is 1. The van der Waals surface area contributed by atoms with Crippen LogP contribution >= 0.6 is 0 Å². The van der Waals surface area contributed by atoms with E-state index < -0.39 is 0 Å². The molecule has 1 rings (SSSR count). The van der Waals surface area contributed by atoms with Crippen LogP contribution < -0.4 is 0 Å². The van der Waals surface area contributed by atoms with E-state index in [-0.39, 0.29) is 11.7 Å². The zero-order valence-corrected chi connectivity index (χ0v) is 9.29. The molecule has 1 aromatic rings. The van der Waals surface area contributed by atoms with Crippen LogP contribution in [0, 0.1) is 25.2 Å². The Kier molecular flexibility index (Phi) is 4.12. The molecule has 0 bridgehead atoms. The normalized spacial score (nSPS) is 11.8. The zero-order chi connectivity index (χ0) is 11.3. The predicted octanol–water partition coefficient (Wildman–Crippen LogP) is 3.23. The maximum atomic E-state index is 11.8. The number of carbonyl (C=O) groups is 1. The van der Waals surface area contributed by atoms with Gasteiger partial charge in [-0.2, -0.15) is 0 Å². The van der Waals surface area contributed by atoms with Crippen LogP contribution in [-0.4, -0.2) is 5.78 Å². The molecule has 0 saturated carbocycles. The number of ketones is 1. The Morgan fingerprint density at radius 3 is 2.53 bits per heavy atom. The zero-order valence-electron chi connectivity index (χ0n) is 9.29. The van der Waals surface area contributed by atoms with Gasteiger partial charge in [-0.15, -0.1) is 12.3 Å². The topological polar surface area (TPSA) is 17.1 Å². The molecule has 0 spiro atoms. The summed E-state index contributed by atoms with van der Waals surface area (Å²) in [6.45, 7) is 4.02. The monoisotopic (exact) mass is 200 g/mol. The van der Waals surface area contributed by atoms with Crippen LogP contribution in [0.1, 0.15) is 35.7 Å². The van der Waals surface area contributed by atoms with E-state index in [0.717, 1.165) is 5.56 Å². The maximum Gasteiger partial charge on any atom is 0.163 e. The van der Waals surface area contributed by atoms with Gasteiger partial charge in [0.1, 0.15) is 0 Å². The number of hydrogen-bond acceptors (Lipinski definition) is 1. The lowest BCUT2D eigenvalue weighted by atomic mass is 9.97. The Bertz CT molecular complexity index is 367. The van der Waals surface area contributed by atoms with Crippen molar-refractivity contribution in [1.82, 2.24) is 0 Å². The predicted molar refractivity (Wildman–Crippen MR) is 62.7 cm³/mol. The van der Waals surface area contributed by atoms with Gasteiger partial charge in [0.15, 0.2) is 5.78 Å². The minimum absolute atomic E-state index is 0.178. The number of benzene rings is 1. The van der Waals surface area contributed by atoms with Crippen molar-refractivity contribution in [2.24, 2.45) is 5.92 Å². The largest absolute Gasteiger partial charge is 0.294 e. The van der Waals surface area contributed by atoms with E-state index in [9.17, 15) is 4.79 Å². The third kappa shape index (κ3) is 3.59. The molecule has 0 aliphatic heterocycles. The van der Waals surface area contributed by atoms with Gasteiger partial charge in [0, 0.05) is 18.4 Å². The summed E-state index contributed by atoms with van der Waals surface area (Å²) >= 11 is 0. The molecule has 0 aliphatic carbocycles. The molecule has 78 valence electrons. The highest BCUT2D eigenvalue weighted by atomic mass is 16.1. The van der Waals surface area contributed by atoms with Gasteiger partial charge in [0.2, 0.25) is 0 Å². The van der Waals surface area contributed by atoms with Crippen molar-refractivity contribution in [2.45, 2.75) is 26.7 Å². The fourth-order valence-corrected chi connectivity index (χ4v) is 1.45. The highest BCUT2D eigenvalue weighted by Gasteiger charge is 2.09. The van der Waals surface area contributed by atoms with E-state index >= 15 is 0 Å². The summed E-state index contributed by atoms with van der Waals surface area (Å²) < 4.78 is 0. The van der Waals surface area contributed by atoms with Crippen LogP contribution in [0.5, 0.6) is 0 Å². The van der Waals surface area contributed by atoms with E-state index in [1.165, 1.54) is 5.56 Å². The van der Waals surface area contributed by atoms with Gasteiger partial charge in [-0.25, -0.2) is 0 Å². The minimum Gasteiger partial charge on any atom is -0.294 e. The molecule has 0 amide bonds. The second-order valence-electron chi connectivity index (χ2n) is 4.01. The summed E-state index contributed by atoms with van der Waals surface area (Å²) in [5, 5.41) is 0. The summed E-state index contributed by atoms with van der Waals surface area (Å²) in [6.07, 6.45) is 6.40. The molecule has 15 heavy (non-hydrogen) atoms. The second kappa shape index (κ2) is 5.36. The summed E-state index contributed by atoms with van der Waals surface area (Å²) in [7, 11) is 0. The SMILES string of the molecule is C#CCC(C)CC(=O)c1ccc(C)cc1. The molecule has 0 fully saturated rings. The molecular weight excluding hydrogens is 184 g/mol. The van der Waals surface area contributed by atoms with Gasteiger partial charge in [-0.1, -0.05) is 36.8 Å². The molecule has 1 unspecified atom stereocenters. The molecule has 0 radical (unpaired) electrons. The second-order valence-corrected chi connectivity index (χ2v) is 4.01. The fourth-order valence-electron chi connectivity index (χ4n) is 1.45. The first-order chi connectivity index (χ1) is 7.13. The first-order valence-electron chi connectivity index (χ1n) is 5.17. The van der Waals surface area contributed by atoms with E-state index in [1.54, 1.807) is 0 Å². The number of rotatable bonds is 4. The van der Waals surface area contributed by atoms with E-state index in [2.05, 4.69) is 5.92 Å². The Balaban J connectivity index is 2.62. The van der Waals surface area contributed by atoms with Crippen molar-refractivity contribution in [1.29, 1.82) is 0 Å². The van der Waals surface area contributed by atoms with Crippen LogP contribution in [-0.2, 0) is 0 Å². The van der Waals surface area contributed by atoms with Gasteiger partial charge < -0.3 is 0 Å². The van der Waals surface area contributed by atoms with Gasteiger partial charge in [-0.05, 0) is 12.8 Å². The standard InChI is InChI=1S/C14H16O/c1-4-5-12(3)10-14(15)13-8-6-11(2)7-9-13/h1,6-9,12H,5,10H2,2-3H3. The molecule has 0 aliphatic rings. The Morgan fingerprint density at radius 2 is 2.00 bits per heavy atom. The van der Waals surface area contributed by atoms with Gasteiger partial charge in [0.25, 0.3) is 0 Å². The minimum atomic E-state index is 0.178.